The van der Waals surface area contributed by atoms with Gasteiger partial charge in [-0.15, -0.1) is 0 Å². The monoisotopic (exact) mass is 339 g/mol. The molecule has 0 saturated heterocycles. The molecule has 130 valence electrons. The number of nitrogens with two attached hydrogens (primary N) is 2. The van der Waals surface area contributed by atoms with Gasteiger partial charge in [0.25, 0.3) is 0 Å². The number of aryl methyl sites for hydroxylation is 1. The van der Waals surface area contributed by atoms with Crippen molar-refractivity contribution in [3.8, 4) is 16.9 Å². The fraction of sp³-hybridized carbons (Fsp3) is 0.211. The summed E-state index contributed by atoms with van der Waals surface area (Å²) in [6.45, 7) is 0. The highest BCUT2D eigenvalue weighted by molar-refractivity contribution is 5.86. The summed E-state index contributed by atoms with van der Waals surface area (Å²) in [7, 11) is 0. The number of aliphatic carboxylic acids is 1. The molecule has 25 heavy (non-hydrogen) atoms. The standard InChI is InChI=1S/C19H21N3O3/c20-18(17(22-21)19(23)24)25-14-10-8-13(9-11-14)16-7-3-5-12-4-1-2-6-15(12)16/h3,5,7-11,22H,1-2,4,6,20-21H2,(H,23,24)/b18-17+. The van der Waals surface area contributed by atoms with Crippen molar-refractivity contribution in [2.45, 2.75) is 25.7 Å². The zero-order valence-corrected chi connectivity index (χ0v) is 13.8. The normalized spacial score (nSPS) is 14.3. The fourth-order valence-electron chi connectivity index (χ4n) is 3.17. The van der Waals surface area contributed by atoms with Gasteiger partial charge in [-0.2, -0.15) is 0 Å². The SMILES string of the molecule is NN/C(C(=O)O)=C(\N)Oc1ccc(-c2cccc3c2CCCC3)cc1. The maximum Gasteiger partial charge on any atom is 0.358 e. The van der Waals surface area contributed by atoms with Crippen LogP contribution in [0.25, 0.3) is 11.1 Å². The van der Waals surface area contributed by atoms with Gasteiger partial charge in [-0.3, -0.25) is 5.84 Å². The van der Waals surface area contributed by atoms with Crippen molar-refractivity contribution in [1.29, 1.82) is 0 Å². The molecule has 0 heterocycles. The van der Waals surface area contributed by atoms with Gasteiger partial charge in [0.05, 0.1) is 0 Å². The Balaban J connectivity index is 1.85. The first-order valence-corrected chi connectivity index (χ1v) is 8.19. The number of carbonyl (C=O) groups is 1. The smallest absolute Gasteiger partial charge is 0.358 e. The lowest BCUT2D eigenvalue weighted by atomic mass is 9.86. The van der Waals surface area contributed by atoms with Gasteiger partial charge >= 0.3 is 5.97 Å². The Kier molecular flexibility index (Phi) is 4.90. The van der Waals surface area contributed by atoms with Crippen LogP contribution in [0.1, 0.15) is 24.0 Å². The number of hydrazine groups is 1. The first-order valence-electron chi connectivity index (χ1n) is 8.19. The van der Waals surface area contributed by atoms with E-state index in [-0.39, 0.29) is 11.6 Å². The lowest BCUT2D eigenvalue weighted by Gasteiger charge is -2.19. The lowest BCUT2D eigenvalue weighted by Crippen LogP contribution is -2.31. The van der Waals surface area contributed by atoms with Gasteiger partial charge < -0.3 is 21.0 Å². The summed E-state index contributed by atoms with van der Waals surface area (Å²) in [5, 5.41) is 8.97. The van der Waals surface area contributed by atoms with E-state index in [1.54, 1.807) is 12.1 Å². The van der Waals surface area contributed by atoms with Crippen LogP contribution in [0.5, 0.6) is 5.75 Å². The van der Waals surface area contributed by atoms with Crippen molar-refractivity contribution in [3.63, 3.8) is 0 Å². The summed E-state index contributed by atoms with van der Waals surface area (Å²) in [5.41, 5.74) is 12.5. The summed E-state index contributed by atoms with van der Waals surface area (Å²) >= 11 is 0. The van der Waals surface area contributed by atoms with Crippen molar-refractivity contribution >= 4 is 5.97 Å². The second kappa shape index (κ2) is 7.27. The molecular weight excluding hydrogens is 318 g/mol. The number of benzene rings is 2. The number of carboxylic acids is 1. The third-order valence-electron chi connectivity index (χ3n) is 4.39. The number of rotatable bonds is 5. The van der Waals surface area contributed by atoms with Crippen LogP contribution in [0.2, 0.25) is 0 Å². The average molecular weight is 339 g/mol. The summed E-state index contributed by atoms with van der Waals surface area (Å²) in [5.74, 6) is 4.01. The highest BCUT2D eigenvalue weighted by atomic mass is 16.5. The van der Waals surface area contributed by atoms with Gasteiger partial charge in [-0.1, -0.05) is 30.3 Å². The molecule has 6 heteroatoms. The van der Waals surface area contributed by atoms with Crippen molar-refractivity contribution in [2.75, 3.05) is 0 Å². The van der Waals surface area contributed by atoms with E-state index in [1.165, 1.54) is 29.5 Å². The molecule has 0 amide bonds. The fourth-order valence-corrected chi connectivity index (χ4v) is 3.17. The average Bonchev–Trinajstić information content (AvgIpc) is 2.62. The number of hydrogen-bond acceptors (Lipinski definition) is 5. The van der Waals surface area contributed by atoms with Gasteiger partial charge in [-0.25, -0.2) is 4.79 Å². The number of hydrogen-bond donors (Lipinski definition) is 4. The van der Waals surface area contributed by atoms with Crippen LogP contribution in [-0.2, 0) is 17.6 Å². The van der Waals surface area contributed by atoms with Gasteiger partial charge in [0.15, 0.2) is 5.70 Å². The minimum absolute atomic E-state index is 0.292. The predicted molar refractivity (Wildman–Crippen MR) is 95.3 cm³/mol. The summed E-state index contributed by atoms with van der Waals surface area (Å²) in [6, 6.07) is 13.9. The molecule has 3 rings (SSSR count). The number of ether oxygens (including phenoxy) is 1. The van der Waals surface area contributed by atoms with Crippen LogP contribution in [-0.4, -0.2) is 11.1 Å². The van der Waals surface area contributed by atoms with Crippen LogP contribution in [0.15, 0.2) is 54.0 Å². The Hall–Kier alpha value is -2.99. The van der Waals surface area contributed by atoms with Crippen molar-refractivity contribution in [3.05, 3.63) is 65.2 Å². The van der Waals surface area contributed by atoms with E-state index < -0.39 is 5.97 Å². The minimum atomic E-state index is -1.28. The van der Waals surface area contributed by atoms with Crippen LogP contribution < -0.4 is 21.7 Å². The largest absolute Gasteiger partial charge is 0.476 e. The maximum atomic E-state index is 11.0. The third kappa shape index (κ3) is 3.59. The molecule has 0 fully saturated rings. The zero-order valence-electron chi connectivity index (χ0n) is 13.8. The number of fused-ring (bicyclic) bond motifs is 1. The Bertz CT molecular complexity index is 813. The first kappa shape index (κ1) is 16.9. The Morgan fingerprint density at radius 2 is 1.80 bits per heavy atom. The van der Waals surface area contributed by atoms with Crippen LogP contribution in [0, 0.1) is 0 Å². The Labute approximate surface area is 146 Å². The summed E-state index contributed by atoms with van der Waals surface area (Å²) in [6.07, 6.45) is 4.70. The predicted octanol–water partition coefficient (Wildman–Crippen LogP) is 2.29. The van der Waals surface area contributed by atoms with E-state index in [2.05, 4.69) is 18.2 Å². The topological polar surface area (TPSA) is 111 Å². The second-order valence-electron chi connectivity index (χ2n) is 5.97. The van der Waals surface area contributed by atoms with Gasteiger partial charge in [-0.05, 0) is 60.1 Å². The van der Waals surface area contributed by atoms with E-state index in [4.69, 9.17) is 21.4 Å². The Morgan fingerprint density at radius 1 is 1.08 bits per heavy atom. The minimum Gasteiger partial charge on any atom is -0.476 e. The van der Waals surface area contributed by atoms with Crippen molar-refractivity contribution < 1.29 is 14.6 Å². The molecule has 0 bridgehead atoms. The Morgan fingerprint density at radius 3 is 2.48 bits per heavy atom. The highest BCUT2D eigenvalue weighted by Gasteiger charge is 2.15. The molecule has 0 unspecified atom stereocenters. The third-order valence-corrected chi connectivity index (χ3v) is 4.39. The number of carboxylic acid groups (broad SMARTS) is 1. The number of nitrogens with one attached hydrogen (secondary N) is 1. The quantitative estimate of drug-likeness (QED) is 0.288. The first-order chi connectivity index (χ1) is 12.1. The molecule has 6 N–H and O–H groups in total. The molecule has 1 aliphatic carbocycles. The molecule has 0 aliphatic heterocycles. The molecule has 0 atom stereocenters. The molecule has 0 radical (unpaired) electrons. The van der Waals surface area contributed by atoms with E-state index in [1.807, 2.05) is 17.6 Å². The highest BCUT2D eigenvalue weighted by Crippen LogP contribution is 2.32. The van der Waals surface area contributed by atoms with Crippen molar-refractivity contribution in [1.82, 2.24) is 5.43 Å². The summed E-state index contributed by atoms with van der Waals surface area (Å²) in [4.78, 5) is 11.0. The van der Waals surface area contributed by atoms with Gasteiger partial charge in [0.2, 0.25) is 5.88 Å². The molecule has 0 saturated carbocycles. The second-order valence-corrected chi connectivity index (χ2v) is 5.97. The van der Waals surface area contributed by atoms with Crippen molar-refractivity contribution in [2.24, 2.45) is 11.6 Å². The van der Waals surface area contributed by atoms with Crippen LogP contribution in [0.3, 0.4) is 0 Å². The molecule has 2 aromatic rings. The van der Waals surface area contributed by atoms with E-state index >= 15 is 0 Å². The van der Waals surface area contributed by atoms with Gasteiger partial charge in [0.1, 0.15) is 5.75 Å². The molecule has 0 spiro atoms. The van der Waals surface area contributed by atoms with E-state index in [0.29, 0.717) is 5.75 Å². The van der Waals surface area contributed by atoms with Crippen LogP contribution >= 0.6 is 0 Å². The molecule has 1 aliphatic rings. The molecular formula is C19H21N3O3. The van der Waals surface area contributed by atoms with Gasteiger partial charge in [0, 0.05) is 0 Å². The lowest BCUT2D eigenvalue weighted by molar-refractivity contribution is -0.133. The van der Waals surface area contributed by atoms with E-state index in [9.17, 15) is 4.79 Å². The maximum absolute atomic E-state index is 11.0. The van der Waals surface area contributed by atoms with Crippen LogP contribution in [0.4, 0.5) is 0 Å². The molecule has 6 nitrogen and oxygen atoms in total. The zero-order chi connectivity index (χ0) is 17.8. The molecule has 2 aromatic carbocycles. The summed E-state index contributed by atoms with van der Waals surface area (Å²) < 4.78 is 5.37. The molecule has 0 aromatic heterocycles. The van der Waals surface area contributed by atoms with E-state index in [0.717, 1.165) is 18.4 Å².